The maximum absolute atomic E-state index is 10.5. The molecule has 1 N–H and O–H groups in total. The van der Waals surface area contributed by atoms with Gasteiger partial charge in [0.2, 0.25) is 0 Å². The van der Waals surface area contributed by atoms with Crippen molar-refractivity contribution in [3.05, 3.63) is 12.2 Å². The van der Waals surface area contributed by atoms with Gasteiger partial charge in [0.25, 0.3) is 0 Å². The molecule has 0 radical (unpaired) electrons. The Bertz CT molecular complexity index is 241. The summed E-state index contributed by atoms with van der Waals surface area (Å²) in [5, 5.41) is 8.65. The van der Waals surface area contributed by atoms with Gasteiger partial charge in [-0.25, -0.2) is 4.79 Å². The highest BCUT2D eigenvalue weighted by molar-refractivity contribution is 5.66. The third-order valence-electron chi connectivity index (χ3n) is 2.96. The van der Waals surface area contributed by atoms with Gasteiger partial charge in [-0.3, -0.25) is 0 Å². The van der Waals surface area contributed by atoms with E-state index in [9.17, 15) is 4.79 Å². The fourth-order valence-corrected chi connectivity index (χ4v) is 2.32. The van der Waals surface area contributed by atoms with Crippen LogP contribution >= 0.6 is 0 Å². The van der Waals surface area contributed by atoms with Gasteiger partial charge in [-0.2, -0.15) is 0 Å². The molecule has 0 bridgehead atoms. The largest absolute Gasteiger partial charge is 0.465 e. The van der Waals surface area contributed by atoms with Crippen molar-refractivity contribution in [3.8, 4) is 0 Å². The molecule has 1 saturated carbocycles. The Hall–Kier alpha value is -0.990. The molecule has 2 rings (SSSR count). The molecule has 0 aromatic heterocycles. The number of hydrogen-bond acceptors (Lipinski definition) is 1. The summed E-state index contributed by atoms with van der Waals surface area (Å²) in [6.45, 7) is 5.38. The maximum Gasteiger partial charge on any atom is 0.407 e. The molecule has 3 heteroatoms. The first-order chi connectivity index (χ1) is 5.61. The average molecular weight is 167 g/mol. The van der Waals surface area contributed by atoms with E-state index >= 15 is 0 Å². The molecule has 1 aliphatic carbocycles. The van der Waals surface area contributed by atoms with Crippen LogP contribution in [0.3, 0.4) is 0 Å². The molecule has 1 spiro atoms. The Morgan fingerprint density at radius 3 is 2.67 bits per heavy atom. The van der Waals surface area contributed by atoms with E-state index in [0.29, 0.717) is 0 Å². The SMILES string of the molecule is C=C1CCC2(C1)CN(C(=O)O)C2. The van der Waals surface area contributed by atoms with Gasteiger partial charge in [-0.1, -0.05) is 12.2 Å². The number of likely N-dealkylation sites (tertiary alicyclic amines) is 1. The molecular formula is C9H13NO2. The van der Waals surface area contributed by atoms with Gasteiger partial charge in [-0.05, 0) is 19.3 Å². The predicted octanol–water partition coefficient (Wildman–Crippen LogP) is 1.71. The number of nitrogens with zero attached hydrogens (tertiary/aromatic N) is 1. The Morgan fingerprint density at radius 1 is 1.58 bits per heavy atom. The molecule has 0 aromatic carbocycles. The maximum atomic E-state index is 10.5. The molecule has 2 aliphatic rings. The quantitative estimate of drug-likeness (QED) is 0.558. The van der Waals surface area contributed by atoms with E-state index in [2.05, 4.69) is 6.58 Å². The topological polar surface area (TPSA) is 40.5 Å². The minimum absolute atomic E-state index is 0.287. The monoisotopic (exact) mass is 167 g/mol. The summed E-state index contributed by atoms with van der Waals surface area (Å²) >= 11 is 0. The van der Waals surface area contributed by atoms with Crippen molar-refractivity contribution >= 4 is 6.09 Å². The van der Waals surface area contributed by atoms with E-state index in [-0.39, 0.29) is 5.41 Å². The Balaban J connectivity index is 1.95. The highest BCUT2D eigenvalue weighted by atomic mass is 16.4. The van der Waals surface area contributed by atoms with Crippen molar-refractivity contribution in [1.29, 1.82) is 0 Å². The zero-order valence-electron chi connectivity index (χ0n) is 7.05. The van der Waals surface area contributed by atoms with Crippen molar-refractivity contribution in [1.82, 2.24) is 4.90 Å². The lowest BCUT2D eigenvalue weighted by Gasteiger charge is -2.46. The van der Waals surface area contributed by atoms with E-state index in [1.54, 1.807) is 0 Å². The zero-order valence-corrected chi connectivity index (χ0v) is 7.05. The normalized spacial score (nSPS) is 26.0. The number of allylic oxidation sites excluding steroid dienone is 1. The first-order valence-corrected chi connectivity index (χ1v) is 4.26. The summed E-state index contributed by atoms with van der Waals surface area (Å²) in [7, 11) is 0. The van der Waals surface area contributed by atoms with Crippen LogP contribution in [0.15, 0.2) is 12.2 Å². The molecule has 1 heterocycles. The smallest absolute Gasteiger partial charge is 0.407 e. The lowest BCUT2D eigenvalue weighted by atomic mass is 9.78. The predicted molar refractivity (Wildman–Crippen MR) is 45.0 cm³/mol. The van der Waals surface area contributed by atoms with Crippen LogP contribution in [-0.2, 0) is 0 Å². The van der Waals surface area contributed by atoms with E-state index in [0.717, 1.165) is 32.4 Å². The molecule has 12 heavy (non-hydrogen) atoms. The van der Waals surface area contributed by atoms with Crippen molar-refractivity contribution in [2.75, 3.05) is 13.1 Å². The van der Waals surface area contributed by atoms with Crippen LogP contribution in [0.5, 0.6) is 0 Å². The Kier molecular flexibility index (Phi) is 1.43. The standard InChI is InChI=1S/C9H13NO2/c1-7-2-3-9(4-7)5-10(6-9)8(11)12/h1-6H2,(H,11,12). The van der Waals surface area contributed by atoms with E-state index in [1.807, 2.05) is 0 Å². The molecule has 0 atom stereocenters. The second-order valence-electron chi connectivity index (χ2n) is 4.07. The molecule has 1 saturated heterocycles. The Labute approximate surface area is 71.7 Å². The molecule has 0 aromatic rings. The van der Waals surface area contributed by atoms with Crippen LogP contribution in [0.25, 0.3) is 0 Å². The summed E-state index contributed by atoms with van der Waals surface area (Å²) in [5.74, 6) is 0. The molecule has 0 unspecified atom stereocenters. The van der Waals surface area contributed by atoms with Gasteiger partial charge in [0.05, 0.1) is 0 Å². The molecular weight excluding hydrogens is 154 g/mol. The van der Waals surface area contributed by atoms with E-state index in [1.165, 1.54) is 10.5 Å². The lowest BCUT2D eigenvalue weighted by molar-refractivity contribution is 0.0171. The Morgan fingerprint density at radius 2 is 2.25 bits per heavy atom. The average Bonchev–Trinajstić information content (AvgIpc) is 2.27. The number of rotatable bonds is 0. The summed E-state index contributed by atoms with van der Waals surface area (Å²) in [6.07, 6.45) is 2.48. The second-order valence-corrected chi connectivity index (χ2v) is 4.07. The molecule has 1 amide bonds. The van der Waals surface area contributed by atoms with Crippen LogP contribution in [0, 0.1) is 5.41 Å². The van der Waals surface area contributed by atoms with Crippen LogP contribution in [0.1, 0.15) is 19.3 Å². The van der Waals surface area contributed by atoms with Gasteiger partial charge in [-0.15, -0.1) is 0 Å². The lowest BCUT2D eigenvalue weighted by Crippen LogP contribution is -2.56. The van der Waals surface area contributed by atoms with Crippen LogP contribution < -0.4 is 0 Å². The first-order valence-electron chi connectivity index (χ1n) is 4.26. The highest BCUT2D eigenvalue weighted by Gasteiger charge is 2.47. The number of hydrogen-bond donors (Lipinski definition) is 1. The van der Waals surface area contributed by atoms with Gasteiger partial charge < -0.3 is 10.0 Å². The van der Waals surface area contributed by atoms with Crippen LogP contribution in [0.2, 0.25) is 0 Å². The molecule has 2 fully saturated rings. The van der Waals surface area contributed by atoms with E-state index < -0.39 is 6.09 Å². The van der Waals surface area contributed by atoms with Crippen molar-refractivity contribution in [2.24, 2.45) is 5.41 Å². The third-order valence-corrected chi connectivity index (χ3v) is 2.96. The van der Waals surface area contributed by atoms with Gasteiger partial charge in [0.15, 0.2) is 0 Å². The van der Waals surface area contributed by atoms with Crippen molar-refractivity contribution in [2.45, 2.75) is 19.3 Å². The molecule has 66 valence electrons. The molecule has 1 aliphatic heterocycles. The fraction of sp³-hybridized carbons (Fsp3) is 0.667. The minimum Gasteiger partial charge on any atom is -0.465 e. The van der Waals surface area contributed by atoms with E-state index in [4.69, 9.17) is 5.11 Å². The summed E-state index contributed by atoms with van der Waals surface area (Å²) in [4.78, 5) is 12.0. The minimum atomic E-state index is -0.780. The van der Waals surface area contributed by atoms with Crippen LogP contribution in [-0.4, -0.2) is 29.2 Å². The summed E-state index contributed by atoms with van der Waals surface area (Å²) in [5.41, 5.74) is 1.58. The van der Waals surface area contributed by atoms with Gasteiger partial charge in [0, 0.05) is 18.5 Å². The number of amides is 1. The van der Waals surface area contributed by atoms with Crippen LogP contribution in [0.4, 0.5) is 4.79 Å². The summed E-state index contributed by atoms with van der Waals surface area (Å²) in [6, 6.07) is 0. The van der Waals surface area contributed by atoms with Gasteiger partial charge >= 0.3 is 6.09 Å². The molecule has 3 nitrogen and oxygen atoms in total. The number of carbonyl (C=O) groups is 1. The highest BCUT2D eigenvalue weighted by Crippen LogP contribution is 2.47. The number of carboxylic acid groups (broad SMARTS) is 1. The summed E-state index contributed by atoms with van der Waals surface area (Å²) < 4.78 is 0. The van der Waals surface area contributed by atoms with Crippen molar-refractivity contribution < 1.29 is 9.90 Å². The fourth-order valence-electron chi connectivity index (χ4n) is 2.32. The van der Waals surface area contributed by atoms with Crippen molar-refractivity contribution in [3.63, 3.8) is 0 Å². The van der Waals surface area contributed by atoms with Gasteiger partial charge in [0.1, 0.15) is 0 Å². The zero-order chi connectivity index (χ0) is 8.77. The second kappa shape index (κ2) is 2.25. The third kappa shape index (κ3) is 1.00. The first kappa shape index (κ1) is 7.65.